The Labute approximate surface area is 183 Å². The van der Waals surface area contributed by atoms with Gasteiger partial charge in [-0.1, -0.05) is 42.1 Å². The number of nitrogens with zero attached hydrogens (tertiary/aromatic N) is 5. The van der Waals surface area contributed by atoms with Crippen LogP contribution in [0.25, 0.3) is 10.2 Å². The molecule has 0 fully saturated rings. The van der Waals surface area contributed by atoms with Crippen LogP contribution >= 0.6 is 23.1 Å². The number of thiophene rings is 1. The van der Waals surface area contributed by atoms with E-state index in [1.807, 2.05) is 27.4 Å². The molecule has 0 unspecified atom stereocenters. The number of aromatic nitrogens is 5. The summed E-state index contributed by atoms with van der Waals surface area (Å²) in [6.45, 7) is 1.38. The summed E-state index contributed by atoms with van der Waals surface area (Å²) in [6, 6.07) is 10.3. The summed E-state index contributed by atoms with van der Waals surface area (Å²) >= 11 is 3.34. The zero-order chi connectivity index (χ0) is 20.3. The Morgan fingerprint density at radius 3 is 2.80 bits per heavy atom. The Morgan fingerprint density at radius 2 is 1.97 bits per heavy atom. The van der Waals surface area contributed by atoms with Gasteiger partial charge in [-0.15, -0.1) is 11.3 Å². The van der Waals surface area contributed by atoms with E-state index in [4.69, 9.17) is 4.98 Å². The number of hydrogen-bond acceptors (Lipinski definition) is 6. The van der Waals surface area contributed by atoms with Gasteiger partial charge in [-0.05, 0) is 43.2 Å². The van der Waals surface area contributed by atoms with Crippen LogP contribution in [0, 0.1) is 0 Å². The van der Waals surface area contributed by atoms with Crippen LogP contribution in [0.3, 0.4) is 0 Å². The van der Waals surface area contributed by atoms with Gasteiger partial charge in [-0.2, -0.15) is 5.10 Å². The van der Waals surface area contributed by atoms with Gasteiger partial charge in [0.1, 0.15) is 17.5 Å². The van der Waals surface area contributed by atoms with Gasteiger partial charge in [0, 0.05) is 17.2 Å². The zero-order valence-corrected chi connectivity index (χ0v) is 18.3. The minimum atomic E-state index is 0.124. The molecule has 1 aliphatic carbocycles. The molecule has 0 saturated carbocycles. The smallest absolute Gasteiger partial charge is 0.263 e. The van der Waals surface area contributed by atoms with E-state index in [-0.39, 0.29) is 5.56 Å². The molecule has 0 saturated heterocycles. The Kier molecular flexibility index (Phi) is 5.68. The van der Waals surface area contributed by atoms with E-state index in [1.54, 1.807) is 35.8 Å². The summed E-state index contributed by atoms with van der Waals surface area (Å²) < 4.78 is 3.70. The van der Waals surface area contributed by atoms with Gasteiger partial charge in [0.05, 0.1) is 11.9 Å². The molecule has 30 heavy (non-hydrogen) atoms. The van der Waals surface area contributed by atoms with Gasteiger partial charge in [-0.25, -0.2) is 9.97 Å². The van der Waals surface area contributed by atoms with Crippen molar-refractivity contribution < 1.29 is 0 Å². The van der Waals surface area contributed by atoms with Crippen molar-refractivity contribution in [1.82, 2.24) is 24.3 Å². The standard InChI is InChI=1S/C22H23N5OS2/c28-21-19-17-8-4-5-9-18(17)30-20(19)25-22(29-13-12-26-15-23-14-24-26)27(21)11-10-16-6-2-1-3-7-16/h1-3,6-7,14-15H,4-5,8-13H2. The first-order valence-corrected chi connectivity index (χ1v) is 12.1. The molecular formula is C22H23N5OS2. The van der Waals surface area contributed by atoms with E-state index in [9.17, 15) is 4.79 Å². The van der Waals surface area contributed by atoms with Crippen LogP contribution in [0.15, 0.2) is 52.9 Å². The number of rotatable bonds is 7. The van der Waals surface area contributed by atoms with Crippen molar-refractivity contribution >= 4 is 33.3 Å². The second kappa shape index (κ2) is 8.73. The van der Waals surface area contributed by atoms with Crippen LogP contribution in [0.2, 0.25) is 0 Å². The predicted octanol–water partition coefficient (Wildman–Crippen LogP) is 3.96. The molecule has 5 rings (SSSR count). The number of benzene rings is 1. The first-order chi connectivity index (χ1) is 14.8. The molecule has 6 nitrogen and oxygen atoms in total. The predicted molar refractivity (Wildman–Crippen MR) is 121 cm³/mol. The van der Waals surface area contributed by atoms with Crippen LogP contribution in [-0.4, -0.2) is 30.1 Å². The molecule has 0 aliphatic heterocycles. The monoisotopic (exact) mass is 437 g/mol. The fourth-order valence-electron chi connectivity index (χ4n) is 3.99. The molecule has 0 bridgehead atoms. The fourth-order valence-corrected chi connectivity index (χ4v) is 6.25. The normalized spacial score (nSPS) is 13.6. The Morgan fingerprint density at radius 1 is 1.10 bits per heavy atom. The van der Waals surface area contributed by atoms with Gasteiger partial charge >= 0.3 is 0 Å². The lowest BCUT2D eigenvalue weighted by Crippen LogP contribution is -2.25. The lowest BCUT2D eigenvalue weighted by Gasteiger charge is -2.13. The molecule has 0 amide bonds. The van der Waals surface area contributed by atoms with Crippen molar-refractivity contribution in [3.05, 3.63) is 69.3 Å². The molecule has 0 atom stereocenters. The van der Waals surface area contributed by atoms with Crippen molar-refractivity contribution in [2.24, 2.45) is 0 Å². The van der Waals surface area contributed by atoms with E-state index < -0.39 is 0 Å². The topological polar surface area (TPSA) is 65.6 Å². The number of fused-ring (bicyclic) bond motifs is 3. The number of aryl methyl sites for hydroxylation is 4. The molecule has 3 heterocycles. The first kappa shape index (κ1) is 19.5. The highest BCUT2D eigenvalue weighted by atomic mass is 32.2. The molecule has 1 aromatic carbocycles. The van der Waals surface area contributed by atoms with Crippen LogP contribution < -0.4 is 5.56 Å². The summed E-state index contributed by atoms with van der Waals surface area (Å²) in [4.78, 5) is 24.8. The second-order valence-electron chi connectivity index (χ2n) is 7.48. The molecule has 8 heteroatoms. The second-order valence-corrected chi connectivity index (χ2v) is 9.63. The highest BCUT2D eigenvalue weighted by molar-refractivity contribution is 7.99. The van der Waals surface area contributed by atoms with E-state index >= 15 is 0 Å². The molecule has 3 aromatic heterocycles. The summed E-state index contributed by atoms with van der Waals surface area (Å²) in [5.41, 5.74) is 2.61. The number of thioether (sulfide) groups is 1. The third-order valence-corrected chi connectivity index (χ3v) is 7.67. The summed E-state index contributed by atoms with van der Waals surface area (Å²) in [6.07, 6.45) is 8.53. The maximum atomic E-state index is 13.6. The Balaban J connectivity index is 1.49. The maximum Gasteiger partial charge on any atom is 0.263 e. The van der Waals surface area contributed by atoms with Gasteiger partial charge in [0.2, 0.25) is 0 Å². The molecule has 4 aromatic rings. The van der Waals surface area contributed by atoms with Crippen molar-refractivity contribution in [3.63, 3.8) is 0 Å². The van der Waals surface area contributed by atoms with Gasteiger partial charge < -0.3 is 0 Å². The van der Waals surface area contributed by atoms with Crippen molar-refractivity contribution in [1.29, 1.82) is 0 Å². The van der Waals surface area contributed by atoms with E-state index in [2.05, 4.69) is 22.2 Å². The highest BCUT2D eigenvalue weighted by Gasteiger charge is 2.22. The third-order valence-electron chi connectivity index (χ3n) is 5.52. The van der Waals surface area contributed by atoms with E-state index in [1.165, 1.54) is 22.4 Å². The molecule has 154 valence electrons. The minimum Gasteiger partial charge on any atom is -0.287 e. The average Bonchev–Trinajstić information content (AvgIpc) is 3.41. The highest BCUT2D eigenvalue weighted by Crippen LogP contribution is 2.34. The maximum absolute atomic E-state index is 13.6. The molecule has 0 N–H and O–H groups in total. The summed E-state index contributed by atoms with van der Waals surface area (Å²) in [7, 11) is 0. The Bertz CT molecular complexity index is 1200. The lowest BCUT2D eigenvalue weighted by molar-refractivity contribution is 0.593. The van der Waals surface area contributed by atoms with Gasteiger partial charge in [0.25, 0.3) is 5.56 Å². The van der Waals surface area contributed by atoms with Crippen molar-refractivity contribution in [2.45, 2.75) is 50.4 Å². The summed E-state index contributed by atoms with van der Waals surface area (Å²) in [5, 5.41) is 5.83. The molecule has 1 aliphatic rings. The lowest BCUT2D eigenvalue weighted by atomic mass is 9.97. The first-order valence-electron chi connectivity index (χ1n) is 10.3. The largest absolute Gasteiger partial charge is 0.287 e. The van der Waals surface area contributed by atoms with Gasteiger partial charge in [-0.3, -0.25) is 14.0 Å². The van der Waals surface area contributed by atoms with Crippen molar-refractivity contribution in [2.75, 3.05) is 5.75 Å². The fraction of sp³-hybridized carbons (Fsp3) is 0.364. The molecule has 0 spiro atoms. The van der Waals surface area contributed by atoms with Crippen molar-refractivity contribution in [3.8, 4) is 0 Å². The third kappa shape index (κ3) is 3.94. The minimum absolute atomic E-state index is 0.124. The molecular weight excluding hydrogens is 414 g/mol. The Hall–Kier alpha value is -2.45. The van der Waals surface area contributed by atoms with Crippen LogP contribution in [0.5, 0.6) is 0 Å². The SMILES string of the molecule is O=c1c2c3c(sc2nc(SCCn2cncn2)n1CCc1ccccc1)CCCC3. The van der Waals surface area contributed by atoms with Crippen LogP contribution in [0.4, 0.5) is 0 Å². The van der Waals surface area contributed by atoms with E-state index in [0.29, 0.717) is 6.54 Å². The van der Waals surface area contributed by atoms with Gasteiger partial charge in [0.15, 0.2) is 5.16 Å². The van der Waals surface area contributed by atoms with E-state index in [0.717, 1.165) is 53.4 Å². The van der Waals surface area contributed by atoms with Crippen LogP contribution in [-0.2, 0) is 32.4 Å². The quantitative estimate of drug-likeness (QED) is 0.323. The van der Waals surface area contributed by atoms with Crippen LogP contribution in [0.1, 0.15) is 28.8 Å². The molecule has 0 radical (unpaired) electrons. The summed E-state index contributed by atoms with van der Waals surface area (Å²) in [5.74, 6) is 0.789. The average molecular weight is 438 g/mol. The number of hydrogen-bond donors (Lipinski definition) is 0. The zero-order valence-electron chi connectivity index (χ0n) is 16.7.